The van der Waals surface area contributed by atoms with Crippen molar-refractivity contribution in [3.05, 3.63) is 65.0 Å². The van der Waals surface area contributed by atoms with Crippen LogP contribution in [0.2, 0.25) is 0 Å². The van der Waals surface area contributed by atoms with Crippen LogP contribution >= 0.6 is 0 Å². The first-order valence-corrected chi connectivity index (χ1v) is 9.67. The maximum absolute atomic E-state index is 13.6. The van der Waals surface area contributed by atoms with Crippen LogP contribution in [0.4, 0.5) is 13.2 Å². The number of rotatable bonds is 8. The van der Waals surface area contributed by atoms with Crippen molar-refractivity contribution >= 4 is 10.0 Å². The molecule has 0 aliphatic rings. The normalized spacial score (nSPS) is 11.9. The van der Waals surface area contributed by atoms with E-state index in [9.17, 15) is 21.6 Å². The van der Waals surface area contributed by atoms with Crippen molar-refractivity contribution in [2.75, 3.05) is 13.1 Å². The lowest BCUT2D eigenvalue weighted by atomic mass is 10.2. The van der Waals surface area contributed by atoms with E-state index in [1.54, 1.807) is 26.0 Å². The van der Waals surface area contributed by atoms with E-state index in [0.29, 0.717) is 19.6 Å². The van der Waals surface area contributed by atoms with Gasteiger partial charge in [0.05, 0.1) is 4.90 Å². The van der Waals surface area contributed by atoms with Gasteiger partial charge in [0.25, 0.3) is 0 Å². The van der Waals surface area contributed by atoms with Crippen molar-refractivity contribution in [2.45, 2.75) is 31.8 Å². The highest BCUT2D eigenvalue weighted by atomic mass is 32.2. The Labute approximate surface area is 151 Å². The number of sulfonamides is 1. The number of nitrogens with one attached hydrogen (secondary N) is 1. The second-order valence-corrected chi connectivity index (χ2v) is 7.61. The van der Waals surface area contributed by atoms with Gasteiger partial charge in [-0.15, -0.1) is 0 Å². The molecule has 0 bridgehead atoms. The van der Waals surface area contributed by atoms with E-state index in [2.05, 4.69) is 5.32 Å². The highest BCUT2D eigenvalue weighted by molar-refractivity contribution is 7.89. The zero-order valence-electron chi connectivity index (χ0n) is 14.6. The Hall–Kier alpha value is -1.90. The topological polar surface area (TPSA) is 49.4 Å². The fourth-order valence-corrected chi connectivity index (χ4v) is 3.99. The minimum atomic E-state index is -3.51. The van der Waals surface area contributed by atoms with Gasteiger partial charge < -0.3 is 5.32 Å². The van der Waals surface area contributed by atoms with Crippen molar-refractivity contribution in [1.29, 1.82) is 0 Å². The van der Waals surface area contributed by atoms with Gasteiger partial charge >= 0.3 is 0 Å². The molecule has 1 N–H and O–H groups in total. The second-order valence-electron chi connectivity index (χ2n) is 5.67. The summed E-state index contributed by atoms with van der Waals surface area (Å²) in [7, 11) is -3.51. The molecular formula is C18H21F3N2O2S. The third-order valence-electron chi connectivity index (χ3n) is 4.03. The van der Waals surface area contributed by atoms with Gasteiger partial charge in [-0.25, -0.2) is 21.6 Å². The summed E-state index contributed by atoms with van der Waals surface area (Å²) >= 11 is 0. The molecule has 0 saturated heterocycles. The van der Waals surface area contributed by atoms with Crippen LogP contribution in [-0.4, -0.2) is 25.8 Å². The number of nitrogens with zero attached hydrogens (tertiary/aromatic N) is 1. The molecule has 2 rings (SSSR count). The molecule has 0 radical (unpaired) electrons. The van der Waals surface area contributed by atoms with E-state index in [1.165, 1.54) is 22.5 Å². The van der Waals surface area contributed by atoms with Crippen LogP contribution in [0.5, 0.6) is 0 Å². The first kappa shape index (κ1) is 20.4. The summed E-state index contributed by atoms with van der Waals surface area (Å²) in [6.45, 7) is 4.67. The molecule has 0 heterocycles. The van der Waals surface area contributed by atoms with Crippen molar-refractivity contribution in [2.24, 2.45) is 0 Å². The van der Waals surface area contributed by atoms with Crippen LogP contribution in [0.25, 0.3) is 0 Å². The molecule has 0 aliphatic carbocycles. The number of halogens is 3. The maximum atomic E-state index is 13.6. The summed E-state index contributed by atoms with van der Waals surface area (Å²) in [5, 5.41) is 2.92. The van der Waals surface area contributed by atoms with E-state index in [0.717, 1.165) is 11.6 Å². The summed E-state index contributed by atoms with van der Waals surface area (Å²) in [6, 6.07) is 8.41. The molecule has 2 aromatic carbocycles. The SMILES string of the molecule is CCN(CC)S(=O)(=O)c1ccc(CNCc2ccc(F)c(F)c2F)cc1. The lowest BCUT2D eigenvalue weighted by Crippen LogP contribution is -2.30. The Morgan fingerprint density at radius 2 is 1.50 bits per heavy atom. The van der Waals surface area contributed by atoms with Gasteiger partial charge in [-0.2, -0.15) is 4.31 Å². The van der Waals surface area contributed by atoms with Crippen LogP contribution in [0.15, 0.2) is 41.3 Å². The summed E-state index contributed by atoms with van der Waals surface area (Å²) in [6.07, 6.45) is 0. The molecule has 4 nitrogen and oxygen atoms in total. The quantitative estimate of drug-likeness (QED) is 0.708. The Morgan fingerprint density at radius 3 is 2.08 bits per heavy atom. The Kier molecular flexibility index (Phi) is 6.80. The van der Waals surface area contributed by atoms with Gasteiger partial charge in [0.1, 0.15) is 0 Å². The number of hydrogen-bond donors (Lipinski definition) is 1. The molecule has 0 amide bonds. The van der Waals surface area contributed by atoms with Crippen molar-refractivity contribution in [3.8, 4) is 0 Å². The largest absolute Gasteiger partial charge is 0.309 e. The van der Waals surface area contributed by atoms with Crippen molar-refractivity contribution in [1.82, 2.24) is 9.62 Å². The fraction of sp³-hybridized carbons (Fsp3) is 0.333. The van der Waals surface area contributed by atoms with Crippen LogP contribution in [0.3, 0.4) is 0 Å². The zero-order chi connectivity index (χ0) is 19.3. The minimum absolute atomic E-state index is 0.0164. The molecular weight excluding hydrogens is 365 g/mol. The lowest BCUT2D eigenvalue weighted by molar-refractivity contribution is 0.438. The van der Waals surface area contributed by atoms with Gasteiger partial charge in [0, 0.05) is 31.7 Å². The van der Waals surface area contributed by atoms with E-state index in [-0.39, 0.29) is 17.0 Å². The number of benzene rings is 2. The molecule has 2 aromatic rings. The van der Waals surface area contributed by atoms with Crippen molar-refractivity contribution in [3.63, 3.8) is 0 Å². The van der Waals surface area contributed by atoms with E-state index in [1.807, 2.05) is 0 Å². The highest BCUT2D eigenvalue weighted by Crippen LogP contribution is 2.17. The van der Waals surface area contributed by atoms with Crippen LogP contribution in [0, 0.1) is 17.5 Å². The molecule has 0 spiro atoms. The second kappa shape index (κ2) is 8.66. The van der Waals surface area contributed by atoms with Gasteiger partial charge in [0.2, 0.25) is 10.0 Å². The van der Waals surface area contributed by atoms with Gasteiger partial charge in [-0.05, 0) is 23.8 Å². The standard InChI is InChI=1S/C18H21F3N2O2S/c1-3-23(4-2)26(24,25)15-8-5-13(6-9-15)11-22-12-14-7-10-16(19)18(21)17(14)20/h5-10,22H,3-4,11-12H2,1-2H3. The van der Waals surface area contributed by atoms with E-state index in [4.69, 9.17) is 0 Å². The summed E-state index contributed by atoms with van der Waals surface area (Å²) in [5.74, 6) is -3.93. The smallest absolute Gasteiger partial charge is 0.243 e. The minimum Gasteiger partial charge on any atom is -0.309 e. The van der Waals surface area contributed by atoms with Crippen LogP contribution < -0.4 is 5.32 Å². The van der Waals surface area contributed by atoms with Gasteiger partial charge in [0.15, 0.2) is 17.5 Å². The van der Waals surface area contributed by atoms with Gasteiger partial charge in [-0.1, -0.05) is 32.0 Å². The van der Waals surface area contributed by atoms with Crippen LogP contribution in [-0.2, 0) is 23.1 Å². The Morgan fingerprint density at radius 1 is 0.885 bits per heavy atom. The molecule has 8 heteroatoms. The summed E-state index contributed by atoms with van der Waals surface area (Å²) in [4.78, 5) is 0.205. The predicted octanol–water partition coefficient (Wildman–Crippen LogP) is 3.42. The van der Waals surface area contributed by atoms with E-state index >= 15 is 0 Å². The number of hydrogen-bond acceptors (Lipinski definition) is 3. The fourth-order valence-electron chi connectivity index (χ4n) is 2.54. The molecule has 0 saturated carbocycles. The van der Waals surface area contributed by atoms with Crippen molar-refractivity contribution < 1.29 is 21.6 Å². The highest BCUT2D eigenvalue weighted by Gasteiger charge is 2.21. The van der Waals surface area contributed by atoms with Crippen LogP contribution in [0.1, 0.15) is 25.0 Å². The third-order valence-corrected chi connectivity index (χ3v) is 6.09. The Bertz CT molecular complexity index is 851. The first-order chi connectivity index (χ1) is 12.3. The average molecular weight is 386 g/mol. The zero-order valence-corrected chi connectivity index (χ0v) is 15.4. The Balaban J connectivity index is 2.01. The molecule has 0 unspecified atom stereocenters. The third kappa shape index (κ3) is 4.44. The summed E-state index contributed by atoms with van der Waals surface area (Å²) in [5.41, 5.74) is 0.802. The predicted molar refractivity (Wildman–Crippen MR) is 93.4 cm³/mol. The maximum Gasteiger partial charge on any atom is 0.243 e. The molecule has 0 fully saturated rings. The molecule has 142 valence electrons. The first-order valence-electron chi connectivity index (χ1n) is 8.23. The lowest BCUT2D eigenvalue weighted by Gasteiger charge is -2.18. The molecule has 0 aliphatic heterocycles. The average Bonchev–Trinajstić information content (AvgIpc) is 2.63. The monoisotopic (exact) mass is 386 g/mol. The summed E-state index contributed by atoms with van der Waals surface area (Å²) < 4.78 is 65.8. The molecule has 26 heavy (non-hydrogen) atoms. The van der Waals surface area contributed by atoms with Gasteiger partial charge in [-0.3, -0.25) is 0 Å². The molecule has 0 aromatic heterocycles. The molecule has 0 atom stereocenters. The van der Waals surface area contributed by atoms with E-state index < -0.39 is 27.5 Å².